The van der Waals surface area contributed by atoms with Crippen LogP contribution in [0.5, 0.6) is 28.9 Å². The van der Waals surface area contributed by atoms with E-state index in [4.69, 9.17) is 28.3 Å². The number of furan rings is 1. The molecular formula is C29H23BrN6O6. The average molecular weight is 631 g/mol. The molecule has 12 nitrogen and oxygen atoms in total. The van der Waals surface area contributed by atoms with E-state index >= 15 is 0 Å². The molecule has 0 spiro atoms. The number of aryl methyl sites for hydroxylation is 1. The number of nitrogens with zero attached hydrogens (tertiary/aromatic N) is 4. The molecule has 6 rings (SSSR count). The number of halogens is 1. The van der Waals surface area contributed by atoms with E-state index < -0.39 is 0 Å². The van der Waals surface area contributed by atoms with Crippen LogP contribution >= 0.6 is 15.9 Å². The minimum absolute atomic E-state index is 0.145. The maximum Gasteiger partial charge on any atom is 0.287 e. The number of nitrogens with one attached hydrogen (secondary N) is 2. The first-order valence-corrected chi connectivity index (χ1v) is 13.5. The summed E-state index contributed by atoms with van der Waals surface area (Å²) >= 11 is 3.21. The SMILES string of the molecule is COc1ccc(-c2c(C=CCNC(=O)c3ccc(Br)o3)c(C)nc(Oc3ccc4c(c3)OCO4)c2-c2nn[nH]n2)cc1. The van der Waals surface area contributed by atoms with Crippen molar-refractivity contribution in [3.63, 3.8) is 0 Å². The van der Waals surface area contributed by atoms with Crippen LogP contribution in [-0.2, 0) is 0 Å². The van der Waals surface area contributed by atoms with Crippen molar-refractivity contribution in [3.05, 3.63) is 82.4 Å². The Morgan fingerprint density at radius 1 is 1.07 bits per heavy atom. The molecule has 1 aliphatic heterocycles. The van der Waals surface area contributed by atoms with Crippen LogP contribution < -0.4 is 24.3 Å². The third kappa shape index (κ3) is 5.54. The number of carbonyl (C=O) groups excluding carboxylic acids is 1. The lowest BCUT2D eigenvalue weighted by atomic mass is 9.93. The molecule has 0 saturated carbocycles. The average Bonchev–Trinajstić information content (AvgIpc) is 3.78. The number of pyridine rings is 1. The van der Waals surface area contributed by atoms with E-state index in [0.717, 1.165) is 16.7 Å². The molecule has 0 radical (unpaired) electrons. The molecule has 1 amide bonds. The first-order chi connectivity index (χ1) is 20.5. The van der Waals surface area contributed by atoms with E-state index in [1.807, 2.05) is 43.3 Å². The fourth-order valence-electron chi connectivity index (χ4n) is 4.41. The summed E-state index contributed by atoms with van der Waals surface area (Å²) < 4.78 is 28.4. The Balaban J connectivity index is 1.42. The van der Waals surface area contributed by atoms with Gasteiger partial charge >= 0.3 is 0 Å². The Morgan fingerprint density at radius 3 is 2.62 bits per heavy atom. The van der Waals surface area contributed by atoms with Gasteiger partial charge < -0.3 is 28.7 Å². The molecule has 0 saturated heterocycles. The van der Waals surface area contributed by atoms with Gasteiger partial charge in [-0.1, -0.05) is 24.3 Å². The Labute approximate surface area is 247 Å². The van der Waals surface area contributed by atoms with E-state index in [1.54, 1.807) is 37.4 Å². The summed E-state index contributed by atoms with van der Waals surface area (Å²) in [4.78, 5) is 17.2. The number of methoxy groups -OCH3 is 1. The molecular weight excluding hydrogens is 608 g/mol. The van der Waals surface area contributed by atoms with Crippen molar-refractivity contribution in [3.8, 4) is 51.4 Å². The monoisotopic (exact) mass is 630 g/mol. The number of amides is 1. The van der Waals surface area contributed by atoms with E-state index in [-0.39, 0.29) is 36.7 Å². The molecule has 1 aliphatic rings. The minimum Gasteiger partial charge on any atom is -0.497 e. The predicted octanol–water partition coefficient (Wildman–Crippen LogP) is 5.57. The Bertz CT molecular complexity index is 1770. The molecule has 212 valence electrons. The summed E-state index contributed by atoms with van der Waals surface area (Å²) in [7, 11) is 1.61. The van der Waals surface area contributed by atoms with Crippen LogP contribution in [0.2, 0.25) is 0 Å². The number of ether oxygens (including phenoxy) is 4. The van der Waals surface area contributed by atoms with Crippen LogP contribution in [0.15, 0.2) is 69.8 Å². The summed E-state index contributed by atoms with van der Waals surface area (Å²) in [6, 6.07) is 16.1. The van der Waals surface area contributed by atoms with Crippen molar-refractivity contribution in [1.29, 1.82) is 0 Å². The van der Waals surface area contributed by atoms with Crippen LogP contribution in [0.3, 0.4) is 0 Å². The van der Waals surface area contributed by atoms with E-state index in [0.29, 0.717) is 38.9 Å². The lowest BCUT2D eigenvalue weighted by molar-refractivity contribution is 0.0929. The number of hydrogen-bond acceptors (Lipinski definition) is 10. The fourth-order valence-corrected chi connectivity index (χ4v) is 4.71. The zero-order valence-corrected chi connectivity index (χ0v) is 24.0. The quantitative estimate of drug-likeness (QED) is 0.212. The lowest BCUT2D eigenvalue weighted by Gasteiger charge is -2.18. The number of tetrazole rings is 1. The number of aromatic amines is 1. The molecule has 5 aromatic rings. The second kappa shape index (κ2) is 11.7. The number of fused-ring (bicyclic) bond motifs is 1. The van der Waals surface area contributed by atoms with Gasteiger partial charge in [-0.3, -0.25) is 4.79 Å². The van der Waals surface area contributed by atoms with Crippen molar-refractivity contribution in [2.45, 2.75) is 6.92 Å². The highest BCUT2D eigenvalue weighted by atomic mass is 79.9. The van der Waals surface area contributed by atoms with Gasteiger partial charge in [-0.25, -0.2) is 4.98 Å². The maximum absolute atomic E-state index is 12.4. The zero-order valence-electron chi connectivity index (χ0n) is 22.4. The third-order valence-electron chi connectivity index (χ3n) is 6.36. The minimum atomic E-state index is -0.337. The van der Waals surface area contributed by atoms with Gasteiger partial charge in [0.2, 0.25) is 18.5 Å². The highest BCUT2D eigenvalue weighted by Crippen LogP contribution is 2.44. The van der Waals surface area contributed by atoms with Gasteiger partial charge in [-0.2, -0.15) is 5.21 Å². The normalized spacial score (nSPS) is 12.1. The lowest BCUT2D eigenvalue weighted by Crippen LogP contribution is -2.22. The third-order valence-corrected chi connectivity index (χ3v) is 6.79. The molecule has 2 aromatic carbocycles. The Kier molecular flexibility index (Phi) is 7.56. The molecule has 0 fully saturated rings. The van der Waals surface area contributed by atoms with Gasteiger partial charge in [-0.15, -0.1) is 10.2 Å². The van der Waals surface area contributed by atoms with Crippen molar-refractivity contribution in [2.75, 3.05) is 20.4 Å². The predicted molar refractivity (Wildman–Crippen MR) is 155 cm³/mol. The first kappa shape index (κ1) is 27.0. The number of benzene rings is 2. The molecule has 42 heavy (non-hydrogen) atoms. The van der Waals surface area contributed by atoms with Gasteiger partial charge in [-0.05, 0) is 70.0 Å². The van der Waals surface area contributed by atoms with Crippen molar-refractivity contribution >= 4 is 27.9 Å². The van der Waals surface area contributed by atoms with Crippen LogP contribution in [0.1, 0.15) is 21.8 Å². The molecule has 0 bridgehead atoms. The second-order valence-corrected chi connectivity index (χ2v) is 9.74. The molecule has 2 N–H and O–H groups in total. The first-order valence-electron chi connectivity index (χ1n) is 12.7. The number of rotatable bonds is 9. The molecule has 13 heteroatoms. The van der Waals surface area contributed by atoms with Crippen molar-refractivity contribution in [2.24, 2.45) is 0 Å². The summed E-state index contributed by atoms with van der Waals surface area (Å²) in [5.74, 6) is 2.83. The van der Waals surface area contributed by atoms with Crippen molar-refractivity contribution < 1.29 is 28.2 Å². The molecule has 0 aliphatic carbocycles. The standard InChI is InChI=1S/C29H23BrN6O6/c1-16-20(4-3-13-31-28(37)22-11-12-24(30)42-22)25(17-5-7-18(38-2)8-6-17)26(27-33-35-36-34-27)29(32-16)41-19-9-10-21-23(14-19)40-15-39-21/h3-12,14H,13,15H2,1-2H3,(H,31,37)(H,33,34,35,36). The van der Waals surface area contributed by atoms with Crippen LogP contribution in [0.4, 0.5) is 0 Å². The smallest absolute Gasteiger partial charge is 0.287 e. The highest BCUT2D eigenvalue weighted by molar-refractivity contribution is 9.10. The van der Waals surface area contributed by atoms with Crippen LogP contribution in [-0.4, -0.2) is 52.0 Å². The van der Waals surface area contributed by atoms with Gasteiger partial charge in [0.05, 0.1) is 12.7 Å². The van der Waals surface area contributed by atoms with Gasteiger partial charge in [0, 0.05) is 29.4 Å². The summed E-state index contributed by atoms with van der Waals surface area (Å²) in [5, 5.41) is 17.6. The topological polar surface area (TPSA) is 147 Å². The summed E-state index contributed by atoms with van der Waals surface area (Å²) in [5.41, 5.74) is 3.54. The van der Waals surface area contributed by atoms with Crippen LogP contribution in [0, 0.1) is 6.92 Å². The molecule has 0 atom stereocenters. The number of H-pyrrole nitrogens is 1. The van der Waals surface area contributed by atoms with Crippen molar-refractivity contribution in [1.82, 2.24) is 30.9 Å². The van der Waals surface area contributed by atoms with E-state index in [1.165, 1.54) is 0 Å². The van der Waals surface area contributed by atoms with Gasteiger partial charge in [0.25, 0.3) is 5.91 Å². The largest absolute Gasteiger partial charge is 0.497 e. The second-order valence-electron chi connectivity index (χ2n) is 8.96. The summed E-state index contributed by atoms with van der Waals surface area (Å²) in [6.07, 6.45) is 3.71. The summed E-state index contributed by atoms with van der Waals surface area (Å²) in [6.45, 7) is 2.26. The highest BCUT2D eigenvalue weighted by Gasteiger charge is 2.25. The molecule has 0 unspecified atom stereocenters. The Hall–Kier alpha value is -5.17. The van der Waals surface area contributed by atoms with Gasteiger partial charge in [0.1, 0.15) is 11.5 Å². The van der Waals surface area contributed by atoms with E-state index in [9.17, 15) is 4.79 Å². The Morgan fingerprint density at radius 2 is 1.88 bits per heavy atom. The van der Waals surface area contributed by atoms with E-state index in [2.05, 4.69) is 41.9 Å². The fraction of sp³-hybridized carbons (Fsp3) is 0.138. The number of carbonyl (C=O) groups is 1. The molecule has 4 heterocycles. The zero-order chi connectivity index (χ0) is 29.1. The molecule has 3 aromatic heterocycles. The van der Waals surface area contributed by atoms with Gasteiger partial charge in [0.15, 0.2) is 21.9 Å². The number of aromatic nitrogens is 5. The number of hydrogen-bond donors (Lipinski definition) is 2. The van der Waals surface area contributed by atoms with Crippen LogP contribution in [0.25, 0.3) is 28.6 Å². The maximum atomic E-state index is 12.4.